The molecule has 2 aromatic rings. The number of amides is 1. The maximum atomic E-state index is 13.3. The van der Waals surface area contributed by atoms with Crippen LogP contribution >= 0.6 is 0 Å². The van der Waals surface area contributed by atoms with Crippen LogP contribution in [-0.2, 0) is 5.66 Å². The summed E-state index contributed by atoms with van der Waals surface area (Å²) in [5, 5.41) is 3.63. The van der Waals surface area contributed by atoms with Crippen LogP contribution in [0, 0.1) is 0 Å². The Balaban J connectivity index is 1.92. The number of fused-ring (bicyclic) bond motifs is 1. The van der Waals surface area contributed by atoms with Gasteiger partial charge in [0.05, 0.1) is 12.2 Å². The second kappa shape index (κ2) is 9.13. The number of hydrogen-bond acceptors (Lipinski definition) is 3. The Labute approximate surface area is 168 Å². The Hall–Kier alpha value is -2.49. The van der Waals surface area contributed by atoms with Crippen molar-refractivity contribution >= 4 is 11.6 Å². The first-order valence-electron chi connectivity index (χ1n) is 10.5. The summed E-state index contributed by atoms with van der Waals surface area (Å²) < 4.78 is 5.97. The lowest BCUT2D eigenvalue weighted by atomic mass is 9.93. The van der Waals surface area contributed by atoms with Gasteiger partial charge in [-0.25, -0.2) is 0 Å². The summed E-state index contributed by atoms with van der Waals surface area (Å²) in [4.78, 5) is 15.3. The summed E-state index contributed by atoms with van der Waals surface area (Å²) in [7, 11) is 0. The van der Waals surface area contributed by atoms with E-state index in [4.69, 9.17) is 4.74 Å². The van der Waals surface area contributed by atoms with E-state index in [1.807, 2.05) is 41.3 Å². The normalized spacial score (nSPS) is 18.5. The molecule has 28 heavy (non-hydrogen) atoms. The van der Waals surface area contributed by atoms with Crippen molar-refractivity contribution in [3.63, 3.8) is 0 Å². The predicted octanol–water partition coefficient (Wildman–Crippen LogP) is 5.80. The van der Waals surface area contributed by atoms with Gasteiger partial charge in [-0.3, -0.25) is 4.79 Å². The molecule has 150 valence electrons. The van der Waals surface area contributed by atoms with E-state index in [9.17, 15) is 4.79 Å². The maximum Gasteiger partial charge on any atom is 0.258 e. The molecular formula is C24H32N2O2. The largest absolute Gasteiger partial charge is 0.494 e. The number of para-hydroxylation sites is 1. The minimum atomic E-state index is -0.608. The van der Waals surface area contributed by atoms with Crippen LogP contribution in [0.5, 0.6) is 5.75 Å². The Morgan fingerprint density at radius 1 is 1.00 bits per heavy atom. The molecule has 1 heterocycles. The Morgan fingerprint density at radius 3 is 2.57 bits per heavy atom. The zero-order valence-corrected chi connectivity index (χ0v) is 17.3. The molecule has 4 nitrogen and oxygen atoms in total. The SMILES string of the molecule is CCCCCOc1cccc(C2(C)Nc3ccccc3C(=O)N2CCCC)c1. The Bertz CT molecular complexity index is 805. The number of nitrogens with one attached hydrogen (secondary N) is 1. The molecule has 1 unspecified atom stereocenters. The van der Waals surface area contributed by atoms with Gasteiger partial charge in [-0.15, -0.1) is 0 Å². The zero-order valence-electron chi connectivity index (χ0n) is 17.3. The number of carbonyl (C=O) groups is 1. The molecule has 1 N–H and O–H groups in total. The molecule has 0 aliphatic carbocycles. The van der Waals surface area contributed by atoms with E-state index >= 15 is 0 Å². The van der Waals surface area contributed by atoms with E-state index in [0.717, 1.165) is 55.0 Å². The highest BCUT2D eigenvalue weighted by Gasteiger charge is 2.42. The molecule has 0 aromatic heterocycles. The van der Waals surface area contributed by atoms with Crippen molar-refractivity contribution in [3.8, 4) is 5.75 Å². The highest BCUT2D eigenvalue weighted by molar-refractivity contribution is 6.02. The fourth-order valence-corrected chi connectivity index (χ4v) is 3.76. The van der Waals surface area contributed by atoms with Gasteiger partial charge in [-0.1, -0.05) is 57.4 Å². The third-order valence-electron chi connectivity index (χ3n) is 5.47. The van der Waals surface area contributed by atoms with E-state index in [1.54, 1.807) is 0 Å². The van der Waals surface area contributed by atoms with Gasteiger partial charge in [0, 0.05) is 17.8 Å². The van der Waals surface area contributed by atoms with Gasteiger partial charge in [0.2, 0.25) is 0 Å². The summed E-state index contributed by atoms with van der Waals surface area (Å²) in [6.45, 7) is 7.87. The Kier molecular flexibility index (Phi) is 6.61. The summed E-state index contributed by atoms with van der Waals surface area (Å²) in [5.41, 5.74) is 2.06. The minimum absolute atomic E-state index is 0.0829. The molecule has 1 atom stereocenters. The summed E-state index contributed by atoms with van der Waals surface area (Å²) in [5.74, 6) is 0.943. The molecule has 0 saturated heterocycles. The zero-order chi connectivity index (χ0) is 20.0. The quantitative estimate of drug-likeness (QED) is 0.559. The smallest absolute Gasteiger partial charge is 0.258 e. The molecule has 0 saturated carbocycles. The molecule has 0 bridgehead atoms. The van der Waals surface area contributed by atoms with Gasteiger partial charge < -0.3 is 15.0 Å². The van der Waals surface area contributed by atoms with E-state index in [1.165, 1.54) is 12.8 Å². The molecule has 4 heteroatoms. The average molecular weight is 381 g/mol. The second-order valence-electron chi connectivity index (χ2n) is 7.64. The van der Waals surface area contributed by atoms with Crippen LogP contribution in [0.3, 0.4) is 0 Å². The predicted molar refractivity (Wildman–Crippen MR) is 115 cm³/mol. The van der Waals surface area contributed by atoms with Crippen molar-refractivity contribution in [2.45, 2.75) is 58.5 Å². The molecular weight excluding hydrogens is 348 g/mol. The first-order chi connectivity index (χ1) is 13.6. The lowest BCUT2D eigenvalue weighted by Crippen LogP contribution is -2.56. The van der Waals surface area contributed by atoms with Crippen molar-refractivity contribution in [3.05, 3.63) is 59.7 Å². The number of benzene rings is 2. The fraction of sp³-hybridized carbons (Fsp3) is 0.458. The van der Waals surface area contributed by atoms with E-state index in [2.05, 4.69) is 38.2 Å². The second-order valence-corrected chi connectivity index (χ2v) is 7.64. The standard InChI is InChI=1S/C24H32N2O2/c1-4-6-10-17-28-20-13-11-12-19(18-20)24(3)25-22-15-9-8-14-21(22)23(27)26(24)16-7-5-2/h8-9,11-15,18,25H,4-7,10,16-17H2,1-3H3. The third-order valence-corrected chi connectivity index (χ3v) is 5.47. The lowest BCUT2D eigenvalue weighted by Gasteiger charge is -2.47. The first kappa shape index (κ1) is 20.2. The van der Waals surface area contributed by atoms with Gasteiger partial charge in [-0.2, -0.15) is 0 Å². The third kappa shape index (κ3) is 4.16. The number of rotatable bonds is 9. The van der Waals surface area contributed by atoms with Gasteiger partial charge in [0.25, 0.3) is 5.91 Å². The van der Waals surface area contributed by atoms with Gasteiger partial charge in [0.15, 0.2) is 0 Å². The van der Waals surface area contributed by atoms with E-state index < -0.39 is 5.66 Å². The van der Waals surface area contributed by atoms with Crippen molar-refractivity contribution in [2.75, 3.05) is 18.5 Å². The summed E-state index contributed by atoms with van der Waals surface area (Å²) >= 11 is 0. The molecule has 2 aromatic carbocycles. The molecule has 1 aliphatic rings. The summed E-state index contributed by atoms with van der Waals surface area (Å²) in [6, 6.07) is 15.9. The maximum absolute atomic E-state index is 13.3. The molecule has 3 rings (SSSR count). The molecule has 0 radical (unpaired) electrons. The minimum Gasteiger partial charge on any atom is -0.494 e. The van der Waals surface area contributed by atoms with Crippen LogP contribution in [0.2, 0.25) is 0 Å². The van der Waals surface area contributed by atoms with Gasteiger partial charge >= 0.3 is 0 Å². The molecule has 0 fully saturated rings. The van der Waals surface area contributed by atoms with Crippen LogP contribution in [0.1, 0.15) is 68.8 Å². The molecule has 0 spiro atoms. The Morgan fingerprint density at radius 2 is 1.79 bits per heavy atom. The topological polar surface area (TPSA) is 41.6 Å². The number of nitrogens with zero attached hydrogens (tertiary/aromatic N) is 1. The van der Waals surface area contributed by atoms with Crippen molar-refractivity contribution in [1.82, 2.24) is 4.90 Å². The average Bonchev–Trinajstić information content (AvgIpc) is 2.71. The molecule has 1 aliphatic heterocycles. The lowest BCUT2D eigenvalue weighted by molar-refractivity contribution is 0.0530. The first-order valence-corrected chi connectivity index (χ1v) is 10.5. The van der Waals surface area contributed by atoms with E-state index in [0.29, 0.717) is 0 Å². The number of ether oxygens (including phenoxy) is 1. The van der Waals surface area contributed by atoms with Crippen LogP contribution in [-0.4, -0.2) is 24.0 Å². The highest BCUT2D eigenvalue weighted by atomic mass is 16.5. The number of hydrogen-bond donors (Lipinski definition) is 1. The van der Waals surface area contributed by atoms with Crippen LogP contribution < -0.4 is 10.1 Å². The van der Waals surface area contributed by atoms with E-state index in [-0.39, 0.29) is 5.91 Å². The van der Waals surface area contributed by atoms with Crippen molar-refractivity contribution in [2.24, 2.45) is 0 Å². The summed E-state index contributed by atoms with van der Waals surface area (Å²) in [6.07, 6.45) is 5.43. The molecule has 1 amide bonds. The number of unbranched alkanes of at least 4 members (excludes halogenated alkanes) is 3. The number of anilines is 1. The number of carbonyl (C=O) groups excluding carboxylic acids is 1. The highest BCUT2D eigenvalue weighted by Crippen LogP contribution is 2.38. The van der Waals surface area contributed by atoms with Gasteiger partial charge in [-0.05, 0) is 44.0 Å². The fourth-order valence-electron chi connectivity index (χ4n) is 3.76. The van der Waals surface area contributed by atoms with Crippen LogP contribution in [0.15, 0.2) is 48.5 Å². The van der Waals surface area contributed by atoms with Gasteiger partial charge in [0.1, 0.15) is 11.4 Å². The van der Waals surface area contributed by atoms with Crippen LogP contribution in [0.4, 0.5) is 5.69 Å². The van der Waals surface area contributed by atoms with Crippen molar-refractivity contribution in [1.29, 1.82) is 0 Å². The van der Waals surface area contributed by atoms with Crippen LogP contribution in [0.25, 0.3) is 0 Å². The monoisotopic (exact) mass is 380 g/mol. The van der Waals surface area contributed by atoms with Crippen molar-refractivity contribution < 1.29 is 9.53 Å².